The van der Waals surface area contributed by atoms with Crippen molar-refractivity contribution in [2.45, 2.75) is 44.7 Å². The van der Waals surface area contributed by atoms with Crippen LogP contribution in [0.15, 0.2) is 28.8 Å². The van der Waals surface area contributed by atoms with E-state index in [1.165, 1.54) is 4.90 Å². The Morgan fingerprint density at radius 2 is 1.76 bits per heavy atom. The van der Waals surface area contributed by atoms with Crippen molar-refractivity contribution in [1.29, 1.82) is 0 Å². The van der Waals surface area contributed by atoms with Crippen molar-refractivity contribution in [2.75, 3.05) is 40.0 Å². The fraction of sp³-hybridized carbons (Fsp3) is 0.583. The molecular weight excluding hydrogens is 436 g/mol. The molecule has 1 aromatic heterocycles. The number of methoxy groups -OCH3 is 1. The summed E-state index contributed by atoms with van der Waals surface area (Å²) in [5.41, 5.74) is 0.199. The zero-order chi connectivity index (χ0) is 23.7. The smallest absolute Gasteiger partial charge is 0.326 e. The Hall–Kier alpha value is -2.98. The molecule has 0 radical (unpaired) electrons. The third kappa shape index (κ3) is 4.52. The average molecular weight is 469 g/mol. The molecule has 1 N–H and O–H groups in total. The molecule has 3 heterocycles. The molecular formula is C24H32N6O4. The van der Waals surface area contributed by atoms with Crippen LogP contribution >= 0.6 is 0 Å². The molecule has 0 unspecified atom stereocenters. The number of benzene rings is 1. The fourth-order valence-corrected chi connectivity index (χ4v) is 5.05. The summed E-state index contributed by atoms with van der Waals surface area (Å²) in [6, 6.07) is 7.29. The highest BCUT2D eigenvalue weighted by atomic mass is 16.5. The molecule has 182 valence electrons. The Morgan fingerprint density at radius 3 is 2.44 bits per heavy atom. The standard InChI is InChI=1S/C24H32N6O4/c1-17-7-9-24(10-8-17)22(31)30(23(32)26-24)16-29-13-11-28(12-14-29)15-20-25-21(27-34-20)18-3-5-19(33-2)6-4-18/h3-6,17H,7-16H2,1-2H3,(H,26,32). The molecule has 1 aliphatic carbocycles. The molecule has 2 saturated heterocycles. The summed E-state index contributed by atoms with van der Waals surface area (Å²) in [5, 5.41) is 7.11. The largest absolute Gasteiger partial charge is 0.497 e. The Kier molecular flexibility index (Phi) is 6.26. The molecule has 1 saturated carbocycles. The minimum absolute atomic E-state index is 0.0521. The van der Waals surface area contributed by atoms with Crippen LogP contribution in [0.25, 0.3) is 11.4 Å². The Labute approximate surface area is 199 Å². The number of rotatable bonds is 6. The van der Waals surface area contributed by atoms with Gasteiger partial charge in [0, 0.05) is 31.7 Å². The number of nitrogens with one attached hydrogen (secondary N) is 1. The second kappa shape index (κ2) is 9.34. The lowest BCUT2D eigenvalue weighted by Gasteiger charge is -2.36. The highest BCUT2D eigenvalue weighted by molar-refractivity contribution is 6.07. The monoisotopic (exact) mass is 468 g/mol. The van der Waals surface area contributed by atoms with Gasteiger partial charge in [0.25, 0.3) is 5.91 Å². The van der Waals surface area contributed by atoms with Crippen LogP contribution in [0.4, 0.5) is 4.79 Å². The van der Waals surface area contributed by atoms with Crippen LogP contribution in [-0.2, 0) is 11.3 Å². The molecule has 0 atom stereocenters. The maximum atomic E-state index is 13.1. The zero-order valence-corrected chi connectivity index (χ0v) is 19.8. The van der Waals surface area contributed by atoms with E-state index in [1.54, 1.807) is 7.11 Å². The predicted octanol–water partition coefficient (Wildman–Crippen LogP) is 2.32. The van der Waals surface area contributed by atoms with E-state index in [2.05, 4.69) is 32.2 Å². The minimum Gasteiger partial charge on any atom is -0.497 e. The van der Waals surface area contributed by atoms with Crippen molar-refractivity contribution in [1.82, 2.24) is 30.2 Å². The van der Waals surface area contributed by atoms with Gasteiger partial charge in [-0.3, -0.25) is 14.6 Å². The number of nitrogens with zero attached hydrogens (tertiary/aromatic N) is 5. The summed E-state index contributed by atoms with van der Waals surface area (Å²) in [5.74, 6) is 2.47. The summed E-state index contributed by atoms with van der Waals surface area (Å²) < 4.78 is 10.6. The van der Waals surface area contributed by atoms with E-state index in [9.17, 15) is 9.59 Å². The highest BCUT2D eigenvalue weighted by Gasteiger charge is 2.52. The van der Waals surface area contributed by atoms with Gasteiger partial charge in [-0.05, 0) is 55.9 Å². The van der Waals surface area contributed by atoms with Crippen LogP contribution in [0.2, 0.25) is 0 Å². The number of carbonyl (C=O) groups excluding carboxylic acids is 2. The van der Waals surface area contributed by atoms with Crippen molar-refractivity contribution in [3.05, 3.63) is 30.2 Å². The molecule has 2 aliphatic heterocycles. The number of piperazine rings is 1. The number of hydrogen-bond donors (Lipinski definition) is 1. The van der Waals surface area contributed by atoms with E-state index < -0.39 is 5.54 Å². The number of aromatic nitrogens is 2. The first kappa shape index (κ1) is 22.8. The lowest BCUT2D eigenvalue weighted by molar-refractivity contribution is -0.134. The van der Waals surface area contributed by atoms with Crippen LogP contribution in [0.1, 0.15) is 38.5 Å². The van der Waals surface area contributed by atoms with Crippen molar-refractivity contribution in [3.63, 3.8) is 0 Å². The van der Waals surface area contributed by atoms with Gasteiger partial charge in [-0.15, -0.1) is 0 Å². The zero-order valence-electron chi connectivity index (χ0n) is 19.8. The third-order valence-corrected chi connectivity index (χ3v) is 7.36. The van der Waals surface area contributed by atoms with Crippen LogP contribution in [-0.4, -0.2) is 82.3 Å². The van der Waals surface area contributed by atoms with Gasteiger partial charge >= 0.3 is 6.03 Å². The Balaban J connectivity index is 1.12. The second-order valence-electron chi connectivity index (χ2n) is 9.70. The molecule has 10 heteroatoms. The molecule has 3 fully saturated rings. The first-order valence-corrected chi connectivity index (χ1v) is 12.0. The van der Waals surface area contributed by atoms with Gasteiger partial charge < -0.3 is 14.6 Å². The molecule has 0 bridgehead atoms. The summed E-state index contributed by atoms with van der Waals surface area (Å²) in [6.07, 6.45) is 3.44. The van der Waals surface area contributed by atoms with Gasteiger partial charge in [0.15, 0.2) is 0 Å². The minimum atomic E-state index is -0.676. The van der Waals surface area contributed by atoms with Crippen LogP contribution in [0, 0.1) is 5.92 Å². The normalized spacial score (nSPS) is 26.3. The molecule has 1 spiro atoms. The van der Waals surface area contributed by atoms with Gasteiger partial charge in [0.2, 0.25) is 11.7 Å². The van der Waals surface area contributed by atoms with Crippen LogP contribution < -0.4 is 10.1 Å². The summed E-state index contributed by atoms with van der Waals surface area (Å²) in [4.78, 5) is 36.0. The van der Waals surface area contributed by atoms with Crippen molar-refractivity contribution in [2.24, 2.45) is 5.92 Å². The first-order chi connectivity index (χ1) is 16.5. The lowest BCUT2D eigenvalue weighted by Crippen LogP contribution is -2.52. The van der Waals surface area contributed by atoms with Gasteiger partial charge in [-0.25, -0.2) is 9.69 Å². The maximum Gasteiger partial charge on any atom is 0.326 e. The van der Waals surface area contributed by atoms with E-state index in [1.807, 2.05) is 24.3 Å². The SMILES string of the molecule is COc1ccc(-c2noc(CN3CCN(CN4C(=O)NC5(CCC(C)CC5)C4=O)CC3)n2)cc1. The fourth-order valence-electron chi connectivity index (χ4n) is 5.05. The molecule has 3 amide bonds. The van der Waals surface area contributed by atoms with Gasteiger partial charge in [0.1, 0.15) is 11.3 Å². The summed E-state index contributed by atoms with van der Waals surface area (Å²) in [6.45, 7) is 6.25. The second-order valence-corrected chi connectivity index (χ2v) is 9.70. The van der Waals surface area contributed by atoms with Crippen molar-refractivity contribution in [3.8, 4) is 17.1 Å². The predicted molar refractivity (Wildman–Crippen MR) is 124 cm³/mol. The highest BCUT2D eigenvalue weighted by Crippen LogP contribution is 2.36. The number of imide groups is 1. The van der Waals surface area contributed by atoms with E-state index in [4.69, 9.17) is 9.26 Å². The summed E-state index contributed by atoms with van der Waals surface area (Å²) >= 11 is 0. The number of hydrogen-bond acceptors (Lipinski definition) is 8. The number of carbonyl (C=O) groups is 2. The molecule has 34 heavy (non-hydrogen) atoms. The average Bonchev–Trinajstić information content (AvgIpc) is 3.41. The van der Waals surface area contributed by atoms with Crippen LogP contribution in [0.3, 0.4) is 0 Å². The van der Waals surface area contributed by atoms with E-state index >= 15 is 0 Å². The third-order valence-electron chi connectivity index (χ3n) is 7.36. The van der Waals surface area contributed by atoms with Gasteiger partial charge in [0.05, 0.1) is 20.3 Å². The van der Waals surface area contributed by atoms with Gasteiger partial charge in [-0.2, -0.15) is 4.98 Å². The van der Waals surface area contributed by atoms with Crippen molar-refractivity contribution >= 4 is 11.9 Å². The first-order valence-electron chi connectivity index (χ1n) is 12.0. The Morgan fingerprint density at radius 1 is 1.09 bits per heavy atom. The molecule has 10 nitrogen and oxygen atoms in total. The van der Waals surface area contributed by atoms with E-state index in [0.29, 0.717) is 30.8 Å². The molecule has 5 rings (SSSR count). The van der Waals surface area contributed by atoms with Crippen LogP contribution in [0.5, 0.6) is 5.75 Å². The lowest BCUT2D eigenvalue weighted by atomic mass is 9.77. The van der Waals surface area contributed by atoms with E-state index in [0.717, 1.165) is 63.2 Å². The topological polar surface area (TPSA) is 104 Å². The quantitative estimate of drug-likeness (QED) is 0.644. The molecule has 2 aromatic rings. The molecule has 3 aliphatic rings. The van der Waals surface area contributed by atoms with E-state index in [-0.39, 0.29) is 11.9 Å². The number of urea groups is 1. The Bertz CT molecular complexity index is 1020. The number of amides is 3. The van der Waals surface area contributed by atoms with Gasteiger partial charge in [-0.1, -0.05) is 12.1 Å². The summed E-state index contributed by atoms with van der Waals surface area (Å²) in [7, 11) is 1.63. The molecule has 1 aromatic carbocycles. The van der Waals surface area contributed by atoms with Crippen molar-refractivity contribution < 1.29 is 18.8 Å². The maximum absolute atomic E-state index is 13.1. The number of ether oxygens (including phenoxy) is 1.